The first-order valence-corrected chi connectivity index (χ1v) is 7.27. The predicted molar refractivity (Wildman–Crippen MR) is 73.5 cm³/mol. The average Bonchev–Trinajstić information content (AvgIpc) is 2.71. The molecule has 2 rings (SSSR count). The number of urea groups is 1. The standard InChI is InChI=1S/C14H24N2O4/c1-3-14(5-4-6-14)8-15-12(19)16-10-7-20-9-13(10,2)11(17)18/h10H,3-9H2,1-2H3,(H,17,18)(H2,15,16,19). The molecule has 0 bridgehead atoms. The fourth-order valence-electron chi connectivity index (χ4n) is 2.89. The highest BCUT2D eigenvalue weighted by Gasteiger charge is 2.47. The fourth-order valence-corrected chi connectivity index (χ4v) is 2.89. The van der Waals surface area contributed by atoms with Crippen LogP contribution in [0.5, 0.6) is 0 Å². The van der Waals surface area contributed by atoms with E-state index < -0.39 is 17.4 Å². The lowest BCUT2D eigenvalue weighted by Gasteiger charge is -2.41. The number of carbonyl (C=O) groups is 2. The van der Waals surface area contributed by atoms with Crippen LogP contribution in [0.2, 0.25) is 0 Å². The monoisotopic (exact) mass is 284 g/mol. The van der Waals surface area contributed by atoms with Gasteiger partial charge < -0.3 is 20.5 Å². The molecule has 0 radical (unpaired) electrons. The molecule has 1 aliphatic carbocycles. The van der Waals surface area contributed by atoms with Crippen LogP contribution in [0.4, 0.5) is 4.79 Å². The van der Waals surface area contributed by atoms with E-state index >= 15 is 0 Å². The van der Waals surface area contributed by atoms with Crippen LogP contribution in [0.1, 0.15) is 39.5 Å². The molecule has 1 heterocycles. The molecule has 2 unspecified atom stereocenters. The van der Waals surface area contributed by atoms with E-state index in [2.05, 4.69) is 17.6 Å². The summed E-state index contributed by atoms with van der Waals surface area (Å²) >= 11 is 0. The van der Waals surface area contributed by atoms with Crippen LogP contribution in [0, 0.1) is 10.8 Å². The molecule has 6 nitrogen and oxygen atoms in total. The van der Waals surface area contributed by atoms with E-state index in [1.54, 1.807) is 6.92 Å². The van der Waals surface area contributed by atoms with Crippen molar-refractivity contribution in [2.75, 3.05) is 19.8 Å². The van der Waals surface area contributed by atoms with Gasteiger partial charge in [0.15, 0.2) is 0 Å². The first kappa shape index (κ1) is 15.1. The van der Waals surface area contributed by atoms with Crippen LogP contribution in [0.25, 0.3) is 0 Å². The Hall–Kier alpha value is -1.30. The van der Waals surface area contributed by atoms with E-state index in [1.165, 1.54) is 6.42 Å². The van der Waals surface area contributed by atoms with Gasteiger partial charge in [-0.2, -0.15) is 0 Å². The molecule has 3 N–H and O–H groups in total. The maximum absolute atomic E-state index is 11.9. The zero-order valence-corrected chi connectivity index (χ0v) is 12.2. The molecule has 20 heavy (non-hydrogen) atoms. The van der Waals surface area contributed by atoms with Gasteiger partial charge in [0.2, 0.25) is 0 Å². The summed E-state index contributed by atoms with van der Waals surface area (Å²) in [5.41, 5.74) is -0.796. The van der Waals surface area contributed by atoms with Crippen molar-refractivity contribution in [3.8, 4) is 0 Å². The third-order valence-electron chi connectivity index (χ3n) is 5.04. The van der Waals surface area contributed by atoms with Crippen LogP contribution in [0.15, 0.2) is 0 Å². The molecule has 2 aliphatic rings. The second kappa shape index (κ2) is 5.60. The van der Waals surface area contributed by atoms with Crippen LogP contribution in [-0.4, -0.2) is 42.9 Å². The predicted octanol–water partition coefficient (Wildman–Crippen LogP) is 1.36. The molecular weight excluding hydrogens is 260 g/mol. The minimum absolute atomic E-state index is 0.131. The third kappa shape index (κ3) is 2.75. The van der Waals surface area contributed by atoms with E-state index in [-0.39, 0.29) is 24.7 Å². The number of rotatable bonds is 5. The number of ether oxygens (including phenoxy) is 1. The van der Waals surface area contributed by atoms with Crippen molar-refractivity contribution in [1.82, 2.24) is 10.6 Å². The Balaban J connectivity index is 1.84. The normalized spacial score (nSPS) is 31.4. The Kier molecular flexibility index (Phi) is 4.22. The first-order valence-electron chi connectivity index (χ1n) is 7.27. The highest BCUT2D eigenvalue weighted by atomic mass is 16.5. The molecule has 0 spiro atoms. The summed E-state index contributed by atoms with van der Waals surface area (Å²) in [5.74, 6) is -0.940. The fraction of sp³-hybridized carbons (Fsp3) is 0.857. The molecule has 1 saturated carbocycles. The number of nitrogens with one attached hydrogen (secondary N) is 2. The van der Waals surface area contributed by atoms with Crippen LogP contribution in [0.3, 0.4) is 0 Å². The van der Waals surface area contributed by atoms with E-state index in [0.717, 1.165) is 19.3 Å². The number of hydrogen-bond donors (Lipinski definition) is 3. The second-order valence-corrected chi connectivity index (χ2v) is 6.32. The lowest BCUT2D eigenvalue weighted by atomic mass is 9.67. The molecular formula is C14H24N2O4. The van der Waals surface area contributed by atoms with Crippen LogP contribution >= 0.6 is 0 Å². The maximum atomic E-state index is 11.9. The largest absolute Gasteiger partial charge is 0.481 e. The molecule has 2 atom stereocenters. The van der Waals surface area contributed by atoms with Gasteiger partial charge in [-0.05, 0) is 31.6 Å². The summed E-state index contributed by atoms with van der Waals surface area (Å²) in [6.07, 6.45) is 4.60. The van der Waals surface area contributed by atoms with Gasteiger partial charge in [-0.3, -0.25) is 4.79 Å². The first-order chi connectivity index (χ1) is 9.42. The molecule has 6 heteroatoms. The zero-order valence-electron chi connectivity index (χ0n) is 12.2. The highest BCUT2D eigenvalue weighted by Crippen LogP contribution is 2.43. The molecule has 0 aromatic carbocycles. The Bertz CT molecular complexity index is 389. The Labute approximate surface area is 119 Å². The van der Waals surface area contributed by atoms with Gasteiger partial charge in [0, 0.05) is 6.54 Å². The number of carboxylic acid groups (broad SMARTS) is 1. The van der Waals surface area contributed by atoms with Gasteiger partial charge >= 0.3 is 12.0 Å². The van der Waals surface area contributed by atoms with E-state index in [9.17, 15) is 14.7 Å². The minimum Gasteiger partial charge on any atom is -0.481 e. The van der Waals surface area contributed by atoms with Crippen molar-refractivity contribution in [2.24, 2.45) is 10.8 Å². The summed E-state index contributed by atoms with van der Waals surface area (Å²) in [6, 6.07) is -0.785. The van der Waals surface area contributed by atoms with Gasteiger partial charge in [-0.1, -0.05) is 13.3 Å². The quantitative estimate of drug-likeness (QED) is 0.711. The lowest BCUT2D eigenvalue weighted by molar-refractivity contribution is -0.148. The van der Waals surface area contributed by atoms with Crippen molar-refractivity contribution >= 4 is 12.0 Å². The third-order valence-corrected chi connectivity index (χ3v) is 5.04. The van der Waals surface area contributed by atoms with Crippen molar-refractivity contribution in [3.05, 3.63) is 0 Å². The summed E-state index contributed by atoms with van der Waals surface area (Å²) < 4.78 is 5.21. The van der Waals surface area contributed by atoms with Crippen molar-refractivity contribution in [2.45, 2.75) is 45.6 Å². The topological polar surface area (TPSA) is 87.7 Å². The molecule has 0 aromatic rings. The van der Waals surface area contributed by atoms with Crippen LogP contribution < -0.4 is 10.6 Å². The smallest absolute Gasteiger partial charge is 0.315 e. The van der Waals surface area contributed by atoms with Gasteiger partial charge in [-0.15, -0.1) is 0 Å². The van der Waals surface area contributed by atoms with Crippen molar-refractivity contribution < 1.29 is 19.4 Å². The number of amides is 2. The van der Waals surface area contributed by atoms with Crippen LogP contribution in [-0.2, 0) is 9.53 Å². The Morgan fingerprint density at radius 2 is 2.10 bits per heavy atom. The van der Waals surface area contributed by atoms with Crippen molar-refractivity contribution in [1.29, 1.82) is 0 Å². The van der Waals surface area contributed by atoms with E-state index in [1.807, 2.05) is 0 Å². The molecule has 1 aliphatic heterocycles. The number of carbonyl (C=O) groups excluding carboxylic acids is 1. The Morgan fingerprint density at radius 3 is 2.60 bits per heavy atom. The Morgan fingerprint density at radius 1 is 1.40 bits per heavy atom. The number of aliphatic carboxylic acids is 1. The van der Waals surface area contributed by atoms with Gasteiger partial charge in [-0.25, -0.2) is 4.79 Å². The summed E-state index contributed by atoms with van der Waals surface area (Å²) in [5, 5.41) is 14.9. The second-order valence-electron chi connectivity index (χ2n) is 6.32. The van der Waals surface area contributed by atoms with E-state index in [4.69, 9.17) is 4.74 Å². The molecule has 2 amide bonds. The highest BCUT2D eigenvalue weighted by molar-refractivity contribution is 5.79. The van der Waals surface area contributed by atoms with Gasteiger partial charge in [0.05, 0.1) is 19.3 Å². The molecule has 0 aromatic heterocycles. The van der Waals surface area contributed by atoms with E-state index in [0.29, 0.717) is 6.54 Å². The lowest BCUT2D eigenvalue weighted by Crippen LogP contribution is -2.54. The molecule has 114 valence electrons. The minimum atomic E-state index is -1.05. The van der Waals surface area contributed by atoms with Crippen molar-refractivity contribution in [3.63, 3.8) is 0 Å². The summed E-state index contributed by atoms with van der Waals surface area (Å²) in [4.78, 5) is 23.2. The summed E-state index contributed by atoms with van der Waals surface area (Å²) in [7, 11) is 0. The zero-order chi connectivity index (χ0) is 14.8. The molecule has 1 saturated heterocycles. The summed E-state index contributed by atoms with van der Waals surface area (Å²) in [6.45, 7) is 4.78. The number of carboxylic acids is 1. The van der Waals surface area contributed by atoms with Gasteiger partial charge in [0.1, 0.15) is 5.41 Å². The molecule has 2 fully saturated rings. The van der Waals surface area contributed by atoms with Gasteiger partial charge in [0.25, 0.3) is 0 Å². The maximum Gasteiger partial charge on any atom is 0.315 e. The average molecular weight is 284 g/mol. The SMILES string of the molecule is CCC1(CNC(=O)NC2COCC2(C)C(=O)O)CCC1. The number of hydrogen-bond acceptors (Lipinski definition) is 3.